The summed E-state index contributed by atoms with van der Waals surface area (Å²) in [6.45, 7) is 9.86. The molecule has 2 aliphatic rings. The highest BCUT2D eigenvalue weighted by molar-refractivity contribution is 5.81. The zero-order valence-corrected chi connectivity index (χ0v) is 15.2. The Hall–Kier alpha value is -0.650. The number of methoxy groups -OCH3 is 1. The monoisotopic (exact) mass is 325 g/mol. The molecular weight excluding hydrogens is 290 g/mol. The van der Waals surface area contributed by atoms with Crippen LogP contribution in [0.15, 0.2) is 0 Å². The molecule has 0 spiro atoms. The van der Waals surface area contributed by atoms with Crippen LogP contribution in [0.1, 0.15) is 46.0 Å². The Morgan fingerprint density at radius 2 is 2.00 bits per heavy atom. The molecule has 5 heteroatoms. The van der Waals surface area contributed by atoms with Crippen LogP contribution in [0.25, 0.3) is 0 Å². The topological polar surface area (TPSA) is 44.8 Å². The van der Waals surface area contributed by atoms with E-state index in [1.165, 1.54) is 32.1 Å². The van der Waals surface area contributed by atoms with E-state index in [9.17, 15) is 4.79 Å². The molecule has 23 heavy (non-hydrogen) atoms. The van der Waals surface area contributed by atoms with Gasteiger partial charge in [0, 0.05) is 45.9 Å². The summed E-state index contributed by atoms with van der Waals surface area (Å²) in [5.74, 6) is 0.901. The average Bonchev–Trinajstić information content (AvgIpc) is 2.58. The van der Waals surface area contributed by atoms with Gasteiger partial charge in [0.05, 0.1) is 12.6 Å². The number of rotatable bonds is 7. The lowest BCUT2D eigenvalue weighted by molar-refractivity contribution is -0.127. The van der Waals surface area contributed by atoms with Crippen molar-refractivity contribution in [2.75, 3.05) is 46.4 Å². The summed E-state index contributed by atoms with van der Waals surface area (Å²) in [7, 11) is 1.75. The van der Waals surface area contributed by atoms with Gasteiger partial charge in [0.15, 0.2) is 0 Å². The number of ether oxygens (including phenoxy) is 1. The van der Waals surface area contributed by atoms with Crippen molar-refractivity contribution in [2.24, 2.45) is 5.92 Å². The van der Waals surface area contributed by atoms with Gasteiger partial charge < -0.3 is 10.1 Å². The fourth-order valence-electron chi connectivity index (χ4n) is 3.87. The fourth-order valence-corrected chi connectivity index (χ4v) is 3.87. The van der Waals surface area contributed by atoms with E-state index in [-0.39, 0.29) is 11.9 Å². The minimum atomic E-state index is -0.0226. The summed E-state index contributed by atoms with van der Waals surface area (Å²) in [6, 6.07) is 0.457. The molecule has 134 valence electrons. The first kappa shape index (κ1) is 18.7. The van der Waals surface area contributed by atoms with Crippen molar-refractivity contribution in [1.29, 1.82) is 0 Å². The van der Waals surface area contributed by atoms with Crippen molar-refractivity contribution in [1.82, 2.24) is 15.1 Å². The van der Waals surface area contributed by atoms with Crippen LogP contribution >= 0.6 is 0 Å². The number of piperazine rings is 1. The van der Waals surface area contributed by atoms with Crippen LogP contribution in [-0.2, 0) is 9.53 Å². The van der Waals surface area contributed by atoms with E-state index in [4.69, 9.17) is 4.74 Å². The van der Waals surface area contributed by atoms with E-state index in [0.29, 0.717) is 12.0 Å². The molecule has 0 bridgehead atoms. The quantitative estimate of drug-likeness (QED) is 0.774. The van der Waals surface area contributed by atoms with Gasteiger partial charge in [0.25, 0.3) is 0 Å². The van der Waals surface area contributed by atoms with Crippen LogP contribution in [0.5, 0.6) is 0 Å². The van der Waals surface area contributed by atoms with Gasteiger partial charge in [0.1, 0.15) is 0 Å². The van der Waals surface area contributed by atoms with Gasteiger partial charge in [-0.05, 0) is 32.6 Å². The molecule has 0 aromatic rings. The molecule has 5 nitrogen and oxygen atoms in total. The molecule has 1 amide bonds. The minimum absolute atomic E-state index is 0.0226. The molecule has 0 radical (unpaired) electrons. The summed E-state index contributed by atoms with van der Waals surface area (Å²) in [4.78, 5) is 17.2. The van der Waals surface area contributed by atoms with Gasteiger partial charge in [0.2, 0.25) is 5.91 Å². The third-order valence-electron chi connectivity index (χ3n) is 5.60. The summed E-state index contributed by atoms with van der Waals surface area (Å²) < 4.78 is 5.18. The standard InChI is InChI=1S/C18H35N3O2/c1-15-14-21(10-9-20(15)11-12-23-3)16(2)18(22)19-13-17-7-5-4-6-8-17/h15-17H,4-14H2,1-3H3,(H,19,22)/t15-,16-/m1/s1. The maximum Gasteiger partial charge on any atom is 0.237 e. The second kappa shape index (κ2) is 9.60. The molecule has 1 aliphatic heterocycles. The molecular formula is C18H35N3O2. The Balaban J connectivity index is 1.72. The fraction of sp³-hybridized carbons (Fsp3) is 0.944. The van der Waals surface area contributed by atoms with Gasteiger partial charge >= 0.3 is 0 Å². The van der Waals surface area contributed by atoms with E-state index in [1.54, 1.807) is 7.11 Å². The smallest absolute Gasteiger partial charge is 0.237 e. The number of carbonyl (C=O) groups is 1. The molecule has 1 aliphatic carbocycles. The first-order valence-corrected chi connectivity index (χ1v) is 9.36. The minimum Gasteiger partial charge on any atom is -0.383 e. The lowest BCUT2D eigenvalue weighted by Gasteiger charge is -2.41. The first-order valence-electron chi connectivity index (χ1n) is 9.36. The molecule has 1 saturated carbocycles. The zero-order valence-electron chi connectivity index (χ0n) is 15.2. The van der Waals surface area contributed by atoms with Crippen molar-refractivity contribution < 1.29 is 9.53 Å². The van der Waals surface area contributed by atoms with Gasteiger partial charge in [-0.15, -0.1) is 0 Å². The number of nitrogens with one attached hydrogen (secondary N) is 1. The van der Waals surface area contributed by atoms with E-state index in [0.717, 1.165) is 39.3 Å². The van der Waals surface area contributed by atoms with E-state index < -0.39 is 0 Å². The molecule has 2 rings (SSSR count). The Bertz CT molecular complexity index is 358. The maximum atomic E-state index is 12.5. The molecule has 1 heterocycles. The van der Waals surface area contributed by atoms with E-state index in [2.05, 4.69) is 22.0 Å². The van der Waals surface area contributed by atoms with Crippen molar-refractivity contribution in [3.05, 3.63) is 0 Å². The molecule has 1 saturated heterocycles. The SMILES string of the molecule is COCCN1CCN([C@H](C)C(=O)NCC2CCCCC2)C[C@H]1C. The maximum absolute atomic E-state index is 12.5. The molecule has 0 aromatic heterocycles. The molecule has 0 unspecified atom stereocenters. The highest BCUT2D eigenvalue weighted by Crippen LogP contribution is 2.22. The molecule has 1 N–H and O–H groups in total. The van der Waals surface area contributed by atoms with Crippen LogP contribution in [0, 0.1) is 5.92 Å². The predicted octanol–water partition coefficient (Wildman–Crippen LogP) is 1.72. The zero-order chi connectivity index (χ0) is 16.7. The van der Waals surface area contributed by atoms with E-state index >= 15 is 0 Å². The highest BCUT2D eigenvalue weighted by atomic mass is 16.5. The summed E-state index contributed by atoms with van der Waals surface area (Å²) >= 11 is 0. The van der Waals surface area contributed by atoms with Crippen molar-refractivity contribution in [3.8, 4) is 0 Å². The molecule has 2 fully saturated rings. The molecule has 0 aromatic carbocycles. The lowest BCUT2D eigenvalue weighted by Crippen LogP contribution is -2.57. The Labute approximate surface area is 141 Å². The van der Waals surface area contributed by atoms with Crippen LogP contribution in [0.3, 0.4) is 0 Å². The summed E-state index contributed by atoms with van der Waals surface area (Å²) in [5.41, 5.74) is 0. The largest absolute Gasteiger partial charge is 0.383 e. The number of nitrogens with zero attached hydrogens (tertiary/aromatic N) is 2. The van der Waals surface area contributed by atoms with E-state index in [1.807, 2.05) is 6.92 Å². The van der Waals surface area contributed by atoms with Crippen LogP contribution < -0.4 is 5.32 Å². The van der Waals surface area contributed by atoms with Gasteiger partial charge in [-0.3, -0.25) is 14.6 Å². The second-order valence-electron chi connectivity index (χ2n) is 7.30. The van der Waals surface area contributed by atoms with Crippen LogP contribution in [0.4, 0.5) is 0 Å². The third-order valence-corrected chi connectivity index (χ3v) is 5.60. The van der Waals surface area contributed by atoms with Crippen molar-refractivity contribution >= 4 is 5.91 Å². The third kappa shape index (κ3) is 5.73. The van der Waals surface area contributed by atoms with Gasteiger partial charge in [-0.2, -0.15) is 0 Å². The Kier molecular flexibility index (Phi) is 7.80. The van der Waals surface area contributed by atoms with Crippen molar-refractivity contribution in [3.63, 3.8) is 0 Å². The normalized spacial score (nSPS) is 26.1. The van der Waals surface area contributed by atoms with Crippen LogP contribution in [-0.4, -0.2) is 74.2 Å². The Morgan fingerprint density at radius 1 is 1.26 bits per heavy atom. The first-order chi connectivity index (χ1) is 11.1. The number of hydrogen-bond donors (Lipinski definition) is 1. The lowest BCUT2D eigenvalue weighted by atomic mass is 9.89. The average molecular weight is 325 g/mol. The Morgan fingerprint density at radius 3 is 2.65 bits per heavy atom. The number of hydrogen-bond acceptors (Lipinski definition) is 4. The van der Waals surface area contributed by atoms with Crippen molar-refractivity contribution in [2.45, 2.75) is 58.0 Å². The van der Waals surface area contributed by atoms with Gasteiger partial charge in [-0.1, -0.05) is 19.3 Å². The number of carbonyl (C=O) groups excluding carboxylic acids is 1. The highest BCUT2D eigenvalue weighted by Gasteiger charge is 2.29. The van der Waals surface area contributed by atoms with Gasteiger partial charge in [-0.25, -0.2) is 0 Å². The summed E-state index contributed by atoms with van der Waals surface area (Å²) in [5, 5.41) is 3.20. The molecule has 2 atom stereocenters. The predicted molar refractivity (Wildman–Crippen MR) is 93.5 cm³/mol. The summed E-state index contributed by atoms with van der Waals surface area (Å²) in [6.07, 6.45) is 6.59. The second-order valence-corrected chi connectivity index (χ2v) is 7.30. The van der Waals surface area contributed by atoms with Crippen LogP contribution in [0.2, 0.25) is 0 Å². The number of amides is 1.